The van der Waals surface area contributed by atoms with Gasteiger partial charge in [0.2, 0.25) is 0 Å². The predicted molar refractivity (Wildman–Crippen MR) is 54.8 cm³/mol. The molecule has 3 nitrogen and oxygen atoms in total. The summed E-state index contributed by atoms with van der Waals surface area (Å²) in [6.45, 7) is 3.25. The van der Waals surface area contributed by atoms with Crippen LogP contribution in [0.3, 0.4) is 0 Å². The van der Waals surface area contributed by atoms with E-state index in [2.05, 4.69) is 0 Å². The van der Waals surface area contributed by atoms with Crippen LogP contribution in [0.2, 0.25) is 0 Å². The zero-order valence-corrected chi connectivity index (χ0v) is 8.10. The van der Waals surface area contributed by atoms with Gasteiger partial charge in [-0.3, -0.25) is 4.79 Å². The van der Waals surface area contributed by atoms with Gasteiger partial charge in [-0.15, -0.1) is 0 Å². The fourth-order valence-corrected chi connectivity index (χ4v) is 1.68. The third-order valence-electron chi connectivity index (χ3n) is 2.52. The van der Waals surface area contributed by atoms with Gasteiger partial charge in [-0.1, -0.05) is 6.07 Å². The Morgan fingerprint density at radius 3 is 2.79 bits per heavy atom. The Hall–Kier alpha value is -1.35. The summed E-state index contributed by atoms with van der Waals surface area (Å²) >= 11 is 0. The molecule has 1 aliphatic heterocycles. The number of hydrogen-bond acceptors (Lipinski definition) is 3. The highest BCUT2D eigenvalue weighted by molar-refractivity contribution is 5.85. The Labute approximate surface area is 83.0 Å². The summed E-state index contributed by atoms with van der Waals surface area (Å²) in [5.74, 6) is 0. The lowest BCUT2D eigenvalue weighted by Crippen LogP contribution is -2.51. The number of aryl methyl sites for hydroxylation is 1. The molecule has 0 spiro atoms. The van der Waals surface area contributed by atoms with Gasteiger partial charge in [0.05, 0.1) is 6.10 Å². The minimum Gasteiger partial charge on any atom is -0.389 e. The number of carbonyl (C=O) groups excluding carboxylic acids is 1. The Morgan fingerprint density at radius 2 is 2.21 bits per heavy atom. The molecule has 1 aromatic carbocycles. The second-order valence-corrected chi connectivity index (χ2v) is 3.74. The van der Waals surface area contributed by atoms with Crippen LogP contribution in [0.4, 0.5) is 5.69 Å². The fraction of sp³-hybridized carbons (Fsp3) is 0.364. The van der Waals surface area contributed by atoms with Crippen molar-refractivity contribution in [2.75, 3.05) is 18.0 Å². The SMILES string of the molecule is Cc1ccc(C=O)c(N2CC(O)C2)c1. The first-order valence-corrected chi connectivity index (χ1v) is 4.69. The van der Waals surface area contributed by atoms with Gasteiger partial charge < -0.3 is 10.0 Å². The second kappa shape index (κ2) is 3.42. The molecule has 0 unspecified atom stereocenters. The van der Waals surface area contributed by atoms with E-state index in [0.717, 1.165) is 17.5 Å². The van der Waals surface area contributed by atoms with Crippen molar-refractivity contribution in [2.45, 2.75) is 13.0 Å². The molecule has 1 N–H and O–H groups in total. The number of anilines is 1. The molecule has 1 fully saturated rings. The van der Waals surface area contributed by atoms with Crippen LogP contribution in [0.5, 0.6) is 0 Å². The van der Waals surface area contributed by atoms with Gasteiger partial charge in [0.25, 0.3) is 0 Å². The molecule has 0 radical (unpaired) electrons. The molecule has 2 rings (SSSR count). The largest absolute Gasteiger partial charge is 0.389 e. The summed E-state index contributed by atoms with van der Waals surface area (Å²) in [6, 6.07) is 5.72. The van der Waals surface area contributed by atoms with Crippen molar-refractivity contribution in [1.29, 1.82) is 0 Å². The zero-order chi connectivity index (χ0) is 10.1. The van der Waals surface area contributed by atoms with E-state index in [1.54, 1.807) is 0 Å². The molecule has 0 bridgehead atoms. The molecular formula is C11H13NO2. The lowest BCUT2D eigenvalue weighted by Gasteiger charge is -2.38. The third kappa shape index (κ3) is 1.51. The van der Waals surface area contributed by atoms with E-state index in [1.807, 2.05) is 30.0 Å². The van der Waals surface area contributed by atoms with Crippen LogP contribution >= 0.6 is 0 Å². The summed E-state index contributed by atoms with van der Waals surface area (Å²) in [5, 5.41) is 9.18. The molecule has 3 heteroatoms. The Balaban J connectivity index is 2.30. The van der Waals surface area contributed by atoms with Crippen molar-refractivity contribution < 1.29 is 9.90 Å². The molecule has 14 heavy (non-hydrogen) atoms. The van der Waals surface area contributed by atoms with Crippen molar-refractivity contribution >= 4 is 12.0 Å². The zero-order valence-electron chi connectivity index (χ0n) is 8.10. The van der Waals surface area contributed by atoms with E-state index in [1.165, 1.54) is 0 Å². The molecule has 1 saturated heterocycles. The number of β-amino-alcohol motifs (C(OH)–C–C–N with tert-alkyl or cyclic N) is 1. The average molecular weight is 191 g/mol. The highest BCUT2D eigenvalue weighted by atomic mass is 16.3. The minimum atomic E-state index is -0.241. The van der Waals surface area contributed by atoms with Gasteiger partial charge in [0, 0.05) is 24.3 Å². The monoisotopic (exact) mass is 191 g/mol. The minimum absolute atomic E-state index is 0.241. The van der Waals surface area contributed by atoms with Crippen LogP contribution in [-0.2, 0) is 0 Å². The molecule has 0 saturated carbocycles. The summed E-state index contributed by atoms with van der Waals surface area (Å²) in [7, 11) is 0. The fourth-order valence-electron chi connectivity index (χ4n) is 1.68. The number of nitrogens with zero attached hydrogens (tertiary/aromatic N) is 1. The number of hydrogen-bond donors (Lipinski definition) is 1. The van der Waals surface area contributed by atoms with Crippen LogP contribution in [0.1, 0.15) is 15.9 Å². The molecule has 1 aliphatic rings. The lowest BCUT2D eigenvalue weighted by atomic mass is 10.1. The first-order valence-electron chi connectivity index (χ1n) is 4.69. The van der Waals surface area contributed by atoms with E-state index in [0.29, 0.717) is 18.7 Å². The van der Waals surface area contributed by atoms with Crippen LogP contribution in [0, 0.1) is 6.92 Å². The quantitative estimate of drug-likeness (QED) is 0.709. The van der Waals surface area contributed by atoms with Crippen molar-refractivity contribution in [1.82, 2.24) is 0 Å². The van der Waals surface area contributed by atoms with Crippen molar-refractivity contribution in [2.24, 2.45) is 0 Å². The predicted octanol–water partition coefficient (Wildman–Crippen LogP) is 0.988. The van der Waals surface area contributed by atoms with Gasteiger partial charge >= 0.3 is 0 Å². The summed E-state index contributed by atoms with van der Waals surface area (Å²) in [4.78, 5) is 12.8. The molecular weight excluding hydrogens is 178 g/mol. The number of aliphatic hydroxyl groups excluding tert-OH is 1. The molecule has 0 aliphatic carbocycles. The van der Waals surface area contributed by atoms with Gasteiger partial charge in [-0.05, 0) is 24.6 Å². The van der Waals surface area contributed by atoms with E-state index < -0.39 is 0 Å². The van der Waals surface area contributed by atoms with E-state index in [-0.39, 0.29) is 6.10 Å². The van der Waals surface area contributed by atoms with Crippen LogP contribution < -0.4 is 4.90 Å². The van der Waals surface area contributed by atoms with Gasteiger partial charge in [-0.2, -0.15) is 0 Å². The molecule has 74 valence electrons. The topological polar surface area (TPSA) is 40.5 Å². The highest BCUT2D eigenvalue weighted by Crippen LogP contribution is 2.25. The molecule has 1 heterocycles. The van der Waals surface area contributed by atoms with Crippen LogP contribution in [0.15, 0.2) is 18.2 Å². The van der Waals surface area contributed by atoms with Crippen molar-refractivity contribution in [3.63, 3.8) is 0 Å². The number of carbonyl (C=O) groups is 1. The molecule has 1 aromatic rings. The second-order valence-electron chi connectivity index (χ2n) is 3.74. The van der Waals surface area contributed by atoms with Gasteiger partial charge in [0.15, 0.2) is 6.29 Å². The maximum atomic E-state index is 10.8. The lowest BCUT2D eigenvalue weighted by molar-refractivity contribution is 0.112. The number of benzene rings is 1. The Kier molecular flexibility index (Phi) is 2.25. The van der Waals surface area contributed by atoms with Crippen LogP contribution in [0.25, 0.3) is 0 Å². The molecule has 0 aromatic heterocycles. The summed E-state index contributed by atoms with van der Waals surface area (Å²) in [6.07, 6.45) is 0.620. The van der Waals surface area contributed by atoms with Gasteiger partial charge in [0.1, 0.15) is 0 Å². The average Bonchev–Trinajstić information content (AvgIpc) is 2.13. The number of rotatable bonds is 2. The third-order valence-corrected chi connectivity index (χ3v) is 2.52. The number of aldehydes is 1. The summed E-state index contributed by atoms with van der Waals surface area (Å²) < 4.78 is 0. The first-order chi connectivity index (χ1) is 6.70. The van der Waals surface area contributed by atoms with Crippen molar-refractivity contribution in [3.8, 4) is 0 Å². The highest BCUT2D eigenvalue weighted by Gasteiger charge is 2.26. The maximum absolute atomic E-state index is 10.8. The van der Waals surface area contributed by atoms with Crippen molar-refractivity contribution in [3.05, 3.63) is 29.3 Å². The molecule has 0 atom stereocenters. The van der Waals surface area contributed by atoms with E-state index in [9.17, 15) is 9.90 Å². The normalized spacial score (nSPS) is 16.6. The van der Waals surface area contributed by atoms with Gasteiger partial charge in [-0.25, -0.2) is 0 Å². The maximum Gasteiger partial charge on any atom is 0.152 e. The standard InChI is InChI=1S/C11H13NO2/c1-8-2-3-9(7-13)11(4-8)12-5-10(14)6-12/h2-4,7,10,14H,5-6H2,1H3. The number of aliphatic hydroxyl groups is 1. The smallest absolute Gasteiger partial charge is 0.152 e. The van der Waals surface area contributed by atoms with E-state index >= 15 is 0 Å². The van der Waals surface area contributed by atoms with E-state index in [4.69, 9.17) is 0 Å². The Morgan fingerprint density at radius 1 is 1.50 bits per heavy atom. The molecule has 0 amide bonds. The van der Waals surface area contributed by atoms with Crippen LogP contribution in [-0.4, -0.2) is 30.6 Å². The first kappa shape index (κ1) is 9.21. The Bertz CT molecular complexity index is 356. The summed E-state index contributed by atoms with van der Waals surface area (Å²) in [5.41, 5.74) is 2.76.